The summed E-state index contributed by atoms with van der Waals surface area (Å²) in [5, 5.41) is 2.41. The molecule has 0 aliphatic heterocycles. The van der Waals surface area contributed by atoms with Gasteiger partial charge < -0.3 is 15.8 Å². The summed E-state index contributed by atoms with van der Waals surface area (Å²) in [6.07, 6.45) is -0.101. The predicted octanol–water partition coefficient (Wildman–Crippen LogP) is 0.0373. The number of nitrogens with one attached hydrogen (secondary N) is 1. The Kier molecular flexibility index (Phi) is 5.06. The van der Waals surface area contributed by atoms with Crippen molar-refractivity contribution in [2.45, 2.75) is 32.4 Å². The molecule has 3 N–H and O–H groups in total. The number of ketones is 1. The van der Waals surface area contributed by atoms with Crippen molar-refractivity contribution >= 4 is 11.9 Å². The first-order valence-electron chi connectivity index (χ1n) is 4.16. The molecular weight excluding hydrogens is 172 g/mol. The fourth-order valence-corrected chi connectivity index (χ4v) is 0.893. The smallest absolute Gasteiger partial charge is 0.407 e. The number of Topliss-reactive ketones (excluding diaryl/α,β-unsaturated/α-hetero) is 1. The quantitative estimate of drug-likeness (QED) is 0.652. The van der Waals surface area contributed by atoms with Crippen molar-refractivity contribution in [1.82, 2.24) is 5.32 Å². The highest BCUT2D eigenvalue weighted by atomic mass is 16.5. The van der Waals surface area contributed by atoms with Gasteiger partial charge in [0.1, 0.15) is 0 Å². The summed E-state index contributed by atoms with van der Waals surface area (Å²) in [4.78, 5) is 22.1. The standard InChI is InChI=1S/C8H16N2O3/c1-4-6(7(11)5(2)9)10-8(12)13-3/h5-6H,4,9H2,1-3H3,(H,10,12). The Morgan fingerprint density at radius 1 is 1.54 bits per heavy atom. The lowest BCUT2D eigenvalue weighted by Crippen LogP contribution is -2.46. The Morgan fingerprint density at radius 2 is 2.08 bits per heavy atom. The summed E-state index contributed by atoms with van der Waals surface area (Å²) < 4.78 is 4.37. The molecule has 0 radical (unpaired) electrons. The summed E-state index contributed by atoms with van der Waals surface area (Å²) in [6, 6.07) is -1.12. The van der Waals surface area contributed by atoms with Crippen molar-refractivity contribution in [2.75, 3.05) is 7.11 Å². The van der Waals surface area contributed by atoms with Gasteiger partial charge in [0.15, 0.2) is 5.78 Å². The molecule has 0 aromatic rings. The average Bonchev–Trinajstić information content (AvgIpc) is 2.12. The van der Waals surface area contributed by atoms with Gasteiger partial charge in [-0.1, -0.05) is 6.92 Å². The third kappa shape index (κ3) is 3.89. The largest absolute Gasteiger partial charge is 0.453 e. The van der Waals surface area contributed by atoms with Crippen molar-refractivity contribution in [1.29, 1.82) is 0 Å². The van der Waals surface area contributed by atoms with Crippen LogP contribution in [0.4, 0.5) is 4.79 Å². The number of alkyl carbamates (subject to hydrolysis) is 1. The molecule has 0 fully saturated rings. The maximum Gasteiger partial charge on any atom is 0.407 e. The van der Waals surface area contributed by atoms with Crippen molar-refractivity contribution in [2.24, 2.45) is 5.73 Å². The van der Waals surface area contributed by atoms with Crippen molar-refractivity contribution in [3.63, 3.8) is 0 Å². The van der Waals surface area contributed by atoms with Crippen LogP contribution < -0.4 is 11.1 Å². The minimum atomic E-state index is -0.610. The molecule has 0 aromatic carbocycles. The molecule has 0 aliphatic carbocycles. The first-order chi connectivity index (χ1) is 6.02. The van der Waals surface area contributed by atoms with E-state index in [9.17, 15) is 9.59 Å². The molecule has 13 heavy (non-hydrogen) atoms. The summed E-state index contributed by atoms with van der Waals surface area (Å²) in [6.45, 7) is 3.38. The number of carbonyl (C=O) groups is 2. The monoisotopic (exact) mass is 188 g/mol. The van der Waals surface area contributed by atoms with Gasteiger partial charge in [0.25, 0.3) is 0 Å². The van der Waals surface area contributed by atoms with Gasteiger partial charge in [-0.25, -0.2) is 4.79 Å². The van der Waals surface area contributed by atoms with Crippen LogP contribution >= 0.6 is 0 Å². The van der Waals surface area contributed by atoms with E-state index < -0.39 is 18.2 Å². The normalized spacial score (nSPS) is 14.5. The van der Waals surface area contributed by atoms with Crippen LogP contribution in [0, 0.1) is 0 Å². The Morgan fingerprint density at radius 3 is 2.38 bits per heavy atom. The van der Waals surface area contributed by atoms with Crippen LogP contribution in [0.3, 0.4) is 0 Å². The summed E-state index contributed by atoms with van der Waals surface area (Å²) >= 11 is 0. The molecule has 5 nitrogen and oxygen atoms in total. The highest BCUT2D eigenvalue weighted by Crippen LogP contribution is 1.96. The van der Waals surface area contributed by atoms with Gasteiger partial charge >= 0.3 is 6.09 Å². The lowest BCUT2D eigenvalue weighted by molar-refractivity contribution is -0.121. The van der Waals surface area contributed by atoms with Crippen molar-refractivity contribution in [3.8, 4) is 0 Å². The molecule has 0 aliphatic rings. The van der Waals surface area contributed by atoms with E-state index in [1.54, 1.807) is 13.8 Å². The third-order valence-corrected chi connectivity index (χ3v) is 1.68. The van der Waals surface area contributed by atoms with Gasteiger partial charge in [-0.3, -0.25) is 4.79 Å². The maximum absolute atomic E-state index is 11.3. The lowest BCUT2D eigenvalue weighted by atomic mass is 10.1. The van der Waals surface area contributed by atoms with E-state index in [4.69, 9.17) is 5.73 Å². The minimum Gasteiger partial charge on any atom is -0.453 e. The summed E-state index contributed by atoms with van der Waals surface area (Å²) in [5.41, 5.74) is 5.39. The van der Waals surface area contributed by atoms with E-state index in [-0.39, 0.29) is 5.78 Å². The van der Waals surface area contributed by atoms with Gasteiger partial charge in [0, 0.05) is 0 Å². The molecule has 2 atom stereocenters. The number of amides is 1. The van der Waals surface area contributed by atoms with Gasteiger partial charge in [-0.05, 0) is 13.3 Å². The first-order valence-corrected chi connectivity index (χ1v) is 4.16. The number of rotatable bonds is 4. The average molecular weight is 188 g/mol. The second-order valence-corrected chi connectivity index (χ2v) is 2.79. The van der Waals surface area contributed by atoms with Gasteiger partial charge in [0.05, 0.1) is 19.2 Å². The zero-order chi connectivity index (χ0) is 10.4. The molecule has 0 bridgehead atoms. The number of hydrogen-bond donors (Lipinski definition) is 2. The molecule has 5 heteroatoms. The molecule has 2 unspecified atom stereocenters. The van der Waals surface area contributed by atoms with Crippen LogP contribution in [-0.2, 0) is 9.53 Å². The molecule has 0 heterocycles. The van der Waals surface area contributed by atoms with Crippen LogP contribution in [0.2, 0.25) is 0 Å². The van der Waals surface area contributed by atoms with Crippen LogP contribution in [-0.4, -0.2) is 31.1 Å². The number of hydrogen-bond acceptors (Lipinski definition) is 4. The molecule has 0 spiro atoms. The third-order valence-electron chi connectivity index (χ3n) is 1.68. The van der Waals surface area contributed by atoms with Crippen LogP contribution in [0.5, 0.6) is 0 Å². The highest BCUT2D eigenvalue weighted by Gasteiger charge is 2.21. The van der Waals surface area contributed by atoms with E-state index in [1.807, 2.05) is 0 Å². The second-order valence-electron chi connectivity index (χ2n) is 2.79. The van der Waals surface area contributed by atoms with E-state index in [2.05, 4.69) is 10.1 Å². The van der Waals surface area contributed by atoms with Crippen LogP contribution in [0.1, 0.15) is 20.3 Å². The fourth-order valence-electron chi connectivity index (χ4n) is 0.893. The lowest BCUT2D eigenvalue weighted by Gasteiger charge is -2.16. The Bertz CT molecular complexity index is 192. The van der Waals surface area contributed by atoms with E-state index in [0.29, 0.717) is 6.42 Å². The highest BCUT2D eigenvalue weighted by molar-refractivity contribution is 5.90. The molecule has 1 amide bonds. The molecule has 0 aromatic heterocycles. The second kappa shape index (κ2) is 5.53. The minimum absolute atomic E-state index is 0.187. The molecule has 0 saturated heterocycles. The van der Waals surface area contributed by atoms with E-state index >= 15 is 0 Å². The van der Waals surface area contributed by atoms with Crippen molar-refractivity contribution in [3.05, 3.63) is 0 Å². The Balaban J connectivity index is 4.18. The topological polar surface area (TPSA) is 81.4 Å². The van der Waals surface area contributed by atoms with Crippen LogP contribution in [0.15, 0.2) is 0 Å². The summed E-state index contributed by atoms with van der Waals surface area (Å²) in [7, 11) is 1.25. The number of carbonyl (C=O) groups excluding carboxylic acids is 2. The fraction of sp³-hybridized carbons (Fsp3) is 0.750. The number of ether oxygens (including phenoxy) is 1. The van der Waals surface area contributed by atoms with E-state index in [1.165, 1.54) is 7.11 Å². The molecule has 0 saturated carbocycles. The maximum atomic E-state index is 11.3. The molecule has 76 valence electrons. The summed E-state index contributed by atoms with van der Waals surface area (Å²) in [5.74, 6) is -0.187. The Hall–Kier alpha value is -1.10. The van der Waals surface area contributed by atoms with E-state index in [0.717, 1.165) is 0 Å². The number of methoxy groups -OCH3 is 1. The SMILES string of the molecule is CCC(NC(=O)OC)C(=O)C(C)N. The molecule has 0 rings (SSSR count). The number of nitrogens with two attached hydrogens (primary N) is 1. The van der Waals surface area contributed by atoms with Gasteiger partial charge in [-0.15, -0.1) is 0 Å². The van der Waals surface area contributed by atoms with Crippen molar-refractivity contribution < 1.29 is 14.3 Å². The Labute approximate surface area is 77.6 Å². The first kappa shape index (κ1) is 11.9. The zero-order valence-corrected chi connectivity index (χ0v) is 8.16. The zero-order valence-electron chi connectivity index (χ0n) is 8.16. The predicted molar refractivity (Wildman–Crippen MR) is 48.3 cm³/mol. The van der Waals surface area contributed by atoms with Gasteiger partial charge in [0.2, 0.25) is 0 Å². The van der Waals surface area contributed by atoms with Crippen LogP contribution in [0.25, 0.3) is 0 Å². The van der Waals surface area contributed by atoms with Gasteiger partial charge in [-0.2, -0.15) is 0 Å². The molecular formula is C8H16N2O3.